The molecular formula is C5H9N3O2S2. The van der Waals surface area contributed by atoms with Crippen molar-refractivity contribution in [2.45, 2.75) is 10.8 Å². The van der Waals surface area contributed by atoms with E-state index >= 15 is 0 Å². The van der Waals surface area contributed by atoms with E-state index in [1.54, 1.807) is 7.11 Å². The van der Waals surface area contributed by atoms with Gasteiger partial charge in [0.2, 0.25) is 0 Å². The van der Waals surface area contributed by atoms with Crippen LogP contribution < -0.4 is 5.14 Å². The molecule has 1 atom stereocenters. The first-order valence-electron chi connectivity index (χ1n) is 3.04. The Morgan fingerprint density at radius 1 is 1.92 bits per heavy atom. The minimum atomic E-state index is -3.10. The number of hydrogen-bond donors (Lipinski definition) is 2. The number of hydrogen-bond acceptors (Lipinski definition) is 5. The van der Waals surface area contributed by atoms with Gasteiger partial charge < -0.3 is 4.74 Å². The summed E-state index contributed by atoms with van der Waals surface area (Å²) in [6, 6.07) is 0. The van der Waals surface area contributed by atoms with E-state index in [-0.39, 0.29) is 4.21 Å². The fraction of sp³-hybridized carbons (Fsp3) is 0.400. The normalized spacial score (nSPS) is 15.8. The summed E-state index contributed by atoms with van der Waals surface area (Å²) >= 11 is 1.14. The van der Waals surface area contributed by atoms with Crippen molar-refractivity contribution in [1.29, 1.82) is 4.78 Å². The summed E-state index contributed by atoms with van der Waals surface area (Å²) in [5.74, 6) is 0. The molecule has 0 aliphatic rings. The monoisotopic (exact) mass is 207 g/mol. The number of methoxy groups -OCH3 is 1. The van der Waals surface area contributed by atoms with Gasteiger partial charge in [-0.15, -0.1) is 11.3 Å². The van der Waals surface area contributed by atoms with Gasteiger partial charge in [-0.2, -0.15) is 0 Å². The quantitative estimate of drug-likeness (QED) is 0.759. The number of nitrogens with zero attached hydrogens (tertiary/aromatic N) is 1. The molecule has 0 aromatic carbocycles. The van der Waals surface area contributed by atoms with Gasteiger partial charge in [-0.3, -0.25) is 0 Å². The standard InChI is InChI=1S/C5H9N3O2S2/c1-10-3-4-8-2-5(11-4)12(6,7)9/h2H,3H2,1H3,(H3,6,7,9). The maximum atomic E-state index is 11.0. The van der Waals surface area contributed by atoms with Crippen LogP contribution in [0.25, 0.3) is 0 Å². The van der Waals surface area contributed by atoms with E-state index in [0.717, 1.165) is 11.3 Å². The second-order valence-electron chi connectivity index (χ2n) is 2.11. The van der Waals surface area contributed by atoms with E-state index in [9.17, 15) is 4.21 Å². The molecule has 0 amide bonds. The van der Waals surface area contributed by atoms with Crippen molar-refractivity contribution in [3.63, 3.8) is 0 Å². The highest BCUT2D eigenvalue weighted by Crippen LogP contribution is 2.17. The molecule has 68 valence electrons. The number of nitrogens with two attached hydrogens (primary N) is 1. The predicted molar refractivity (Wildman–Crippen MR) is 46.1 cm³/mol. The number of nitrogens with one attached hydrogen (secondary N) is 1. The molecule has 1 rings (SSSR count). The maximum absolute atomic E-state index is 11.0. The van der Waals surface area contributed by atoms with Gasteiger partial charge in [-0.1, -0.05) is 0 Å². The van der Waals surface area contributed by atoms with Gasteiger partial charge in [-0.25, -0.2) is 19.1 Å². The minimum Gasteiger partial charge on any atom is -0.378 e. The second kappa shape index (κ2) is 3.48. The largest absolute Gasteiger partial charge is 0.378 e. The lowest BCUT2D eigenvalue weighted by Crippen LogP contribution is -2.07. The summed E-state index contributed by atoms with van der Waals surface area (Å²) in [5, 5.41) is 5.77. The predicted octanol–water partition coefficient (Wildman–Crippen LogP) is 0.569. The summed E-state index contributed by atoms with van der Waals surface area (Å²) in [4.78, 5) is 3.89. The smallest absolute Gasteiger partial charge is 0.143 e. The average molecular weight is 207 g/mol. The lowest BCUT2D eigenvalue weighted by molar-refractivity contribution is 0.184. The van der Waals surface area contributed by atoms with Crippen LogP contribution in [0, 0.1) is 4.78 Å². The molecule has 0 aliphatic carbocycles. The number of thiazole rings is 1. The van der Waals surface area contributed by atoms with E-state index in [1.165, 1.54) is 6.20 Å². The second-order valence-corrected chi connectivity index (χ2v) is 5.12. The Bertz CT molecular complexity index is 357. The lowest BCUT2D eigenvalue weighted by atomic mass is 10.7. The third-order valence-electron chi connectivity index (χ3n) is 1.10. The molecule has 3 N–H and O–H groups in total. The van der Waals surface area contributed by atoms with Gasteiger partial charge in [-0.05, 0) is 0 Å². The highest BCUT2D eigenvalue weighted by Gasteiger charge is 2.08. The zero-order chi connectivity index (χ0) is 9.19. The number of ether oxygens (including phenoxy) is 1. The molecule has 0 radical (unpaired) electrons. The zero-order valence-electron chi connectivity index (χ0n) is 6.44. The van der Waals surface area contributed by atoms with Crippen LogP contribution in [0.3, 0.4) is 0 Å². The Labute approximate surface area is 74.7 Å². The molecule has 0 spiro atoms. The summed E-state index contributed by atoms with van der Waals surface area (Å²) < 4.78 is 23.1. The van der Waals surface area contributed by atoms with Crippen LogP contribution >= 0.6 is 11.3 Å². The van der Waals surface area contributed by atoms with Crippen molar-refractivity contribution < 1.29 is 8.95 Å². The molecule has 1 unspecified atom stereocenters. The zero-order valence-corrected chi connectivity index (χ0v) is 8.08. The molecule has 7 heteroatoms. The molecule has 1 aromatic heterocycles. The molecule has 1 heterocycles. The number of rotatable bonds is 3. The van der Waals surface area contributed by atoms with Crippen LogP contribution in [-0.2, 0) is 21.3 Å². The van der Waals surface area contributed by atoms with Crippen molar-refractivity contribution >= 4 is 21.3 Å². The van der Waals surface area contributed by atoms with E-state index in [4.69, 9.17) is 14.7 Å². The molecule has 0 bridgehead atoms. The van der Waals surface area contributed by atoms with Gasteiger partial charge in [0.15, 0.2) is 0 Å². The van der Waals surface area contributed by atoms with E-state index < -0.39 is 9.92 Å². The molecule has 5 nitrogen and oxygen atoms in total. The van der Waals surface area contributed by atoms with Gasteiger partial charge in [0.1, 0.15) is 19.1 Å². The van der Waals surface area contributed by atoms with Gasteiger partial charge >= 0.3 is 0 Å². The molecule has 1 aromatic rings. The van der Waals surface area contributed by atoms with E-state index in [0.29, 0.717) is 11.6 Å². The molecule has 0 saturated carbocycles. The Hall–Kier alpha value is -0.500. The highest BCUT2D eigenvalue weighted by molar-refractivity contribution is 7.92. The van der Waals surface area contributed by atoms with Crippen molar-refractivity contribution in [2.24, 2.45) is 5.14 Å². The third-order valence-corrected chi connectivity index (χ3v) is 3.56. The fourth-order valence-corrected chi connectivity index (χ4v) is 2.24. The van der Waals surface area contributed by atoms with E-state index in [2.05, 4.69) is 4.98 Å². The summed E-state index contributed by atoms with van der Waals surface area (Å²) in [6.07, 6.45) is 1.36. The SMILES string of the molecule is COCc1ncc(S(=N)(N)=O)s1. The van der Waals surface area contributed by atoms with Crippen LogP contribution in [0.15, 0.2) is 10.4 Å². The van der Waals surface area contributed by atoms with Crippen LogP contribution in [0.1, 0.15) is 5.01 Å². The van der Waals surface area contributed by atoms with Crippen LogP contribution in [0.2, 0.25) is 0 Å². The van der Waals surface area contributed by atoms with Crippen molar-refractivity contribution in [1.82, 2.24) is 4.98 Å². The molecule has 0 fully saturated rings. The maximum Gasteiger partial charge on any atom is 0.143 e. The average Bonchev–Trinajstić information content (AvgIpc) is 2.35. The van der Waals surface area contributed by atoms with Gasteiger partial charge in [0.25, 0.3) is 0 Å². The highest BCUT2D eigenvalue weighted by atomic mass is 32.2. The van der Waals surface area contributed by atoms with Gasteiger partial charge in [0.05, 0.1) is 12.8 Å². The van der Waals surface area contributed by atoms with Crippen molar-refractivity contribution in [2.75, 3.05) is 7.11 Å². The Morgan fingerprint density at radius 3 is 3.00 bits per heavy atom. The van der Waals surface area contributed by atoms with Crippen LogP contribution in [-0.4, -0.2) is 16.3 Å². The van der Waals surface area contributed by atoms with Crippen LogP contribution in [0.4, 0.5) is 0 Å². The lowest BCUT2D eigenvalue weighted by Gasteiger charge is -1.92. The van der Waals surface area contributed by atoms with Gasteiger partial charge in [0, 0.05) is 7.11 Å². The first-order valence-corrected chi connectivity index (χ1v) is 5.48. The molecular weight excluding hydrogens is 198 g/mol. The molecule has 12 heavy (non-hydrogen) atoms. The number of aromatic nitrogens is 1. The molecule has 0 aliphatic heterocycles. The van der Waals surface area contributed by atoms with E-state index in [1.807, 2.05) is 0 Å². The first kappa shape index (κ1) is 9.59. The molecule has 0 saturated heterocycles. The topological polar surface area (TPSA) is 89.1 Å². The Kier molecular flexibility index (Phi) is 2.78. The van der Waals surface area contributed by atoms with Crippen molar-refractivity contribution in [3.05, 3.63) is 11.2 Å². The van der Waals surface area contributed by atoms with Crippen molar-refractivity contribution in [3.8, 4) is 0 Å². The Morgan fingerprint density at radius 2 is 2.58 bits per heavy atom. The summed E-state index contributed by atoms with van der Waals surface area (Å²) in [6.45, 7) is 0.361. The summed E-state index contributed by atoms with van der Waals surface area (Å²) in [7, 11) is -1.56. The first-order chi connectivity index (χ1) is 5.54. The Balaban J connectivity index is 2.92. The minimum absolute atomic E-state index is 0.287. The fourth-order valence-electron chi connectivity index (χ4n) is 0.624. The third kappa shape index (κ3) is 2.24. The summed E-state index contributed by atoms with van der Waals surface area (Å²) in [5.41, 5.74) is 0. The van der Waals surface area contributed by atoms with Crippen LogP contribution in [0.5, 0.6) is 0 Å².